The van der Waals surface area contributed by atoms with E-state index in [1.165, 1.54) is 11.3 Å². The number of benzene rings is 1. The summed E-state index contributed by atoms with van der Waals surface area (Å²) in [5, 5.41) is 0.609. The van der Waals surface area contributed by atoms with E-state index in [9.17, 15) is 9.59 Å². The number of fused-ring (bicyclic) bond motifs is 1. The second-order valence-corrected chi connectivity index (χ2v) is 6.53. The molecule has 3 rings (SSSR count). The summed E-state index contributed by atoms with van der Waals surface area (Å²) >= 11 is 1.47. The van der Waals surface area contributed by atoms with E-state index in [4.69, 9.17) is 4.74 Å². The van der Waals surface area contributed by atoms with Crippen LogP contribution in [-0.4, -0.2) is 15.9 Å². The molecule has 0 radical (unpaired) electrons. The van der Waals surface area contributed by atoms with Crippen molar-refractivity contribution in [1.82, 2.24) is 9.97 Å². The number of rotatable bonds is 3. The summed E-state index contributed by atoms with van der Waals surface area (Å²) in [6.07, 6.45) is -0.637. The van der Waals surface area contributed by atoms with Crippen molar-refractivity contribution in [3.8, 4) is 0 Å². The minimum absolute atomic E-state index is 0.200. The van der Waals surface area contributed by atoms with Crippen molar-refractivity contribution >= 4 is 27.5 Å². The molecule has 0 spiro atoms. The van der Waals surface area contributed by atoms with Crippen molar-refractivity contribution < 1.29 is 9.53 Å². The molecule has 2 heterocycles. The molecule has 0 unspecified atom stereocenters. The number of aryl methyl sites for hydroxylation is 2. The van der Waals surface area contributed by atoms with Crippen molar-refractivity contribution in [2.45, 2.75) is 26.9 Å². The Kier molecular flexibility index (Phi) is 4.00. The quantitative estimate of drug-likeness (QED) is 0.747. The van der Waals surface area contributed by atoms with Gasteiger partial charge in [-0.15, -0.1) is 11.3 Å². The topological polar surface area (TPSA) is 72.0 Å². The number of ether oxygens (including phenoxy) is 1. The Labute approximate surface area is 137 Å². The van der Waals surface area contributed by atoms with E-state index >= 15 is 0 Å². The van der Waals surface area contributed by atoms with E-state index in [0.29, 0.717) is 21.6 Å². The van der Waals surface area contributed by atoms with E-state index in [2.05, 4.69) is 9.97 Å². The van der Waals surface area contributed by atoms with Gasteiger partial charge in [-0.1, -0.05) is 18.2 Å². The fourth-order valence-corrected chi connectivity index (χ4v) is 3.36. The minimum Gasteiger partial charge on any atom is -0.451 e. The molecule has 23 heavy (non-hydrogen) atoms. The number of nitrogens with zero attached hydrogens (tertiary/aromatic N) is 1. The molecular weight excluding hydrogens is 312 g/mol. The number of esters is 1. The highest BCUT2D eigenvalue weighted by Gasteiger charge is 2.18. The molecule has 0 fully saturated rings. The molecule has 0 saturated carbocycles. The van der Waals surface area contributed by atoms with E-state index in [1.807, 2.05) is 19.9 Å². The predicted molar refractivity (Wildman–Crippen MR) is 90.0 cm³/mol. The molecule has 6 heteroatoms. The summed E-state index contributed by atoms with van der Waals surface area (Å²) < 4.78 is 5.40. The lowest BCUT2D eigenvalue weighted by Gasteiger charge is -2.12. The van der Waals surface area contributed by atoms with Gasteiger partial charge in [-0.2, -0.15) is 0 Å². The van der Waals surface area contributed by atoms with Gasteiger partial charge in [0.15, 0.2) is 11.9 Å². The van der Waals surface area contributed by atoms with E-state index in [-0.39, 0.29) is 5.56 Å². The Balaban J connectivity index is 1.91. The standard InChI is InChI=1S/C17H16N2O3S/c1-9-11(3)23-16-13(9)15(20)18-14(19-16)10(2)22-17(21)12-7-5-4-6-8-12/h4-8,10H,1-3H3,(H,18,19,20)/t10-/m0/s1. The van der Waals surface area contributed by atoms with Crippen molar-refractivity contribution in [3.05, 3.63) is 62.5 Å². The third-order valence-corrected chi connectivity index (χ3v) is 4.84. The van der Waals surface area contributed by atoms with Gasteiger partial charge in [-0.25, -0.2) is 9.78 Å². The smallest absolute Gasteiger partial charge is 0.338 e. The monoisotopic (exact) mass is 328 g/mol. The van der Waals surface area contributed by atoms with Crippen LogP contribution >= 0.6 is 11.3 Å². The van der Waals surface area contributed by atoms with Gasteiger partial charge in [0, 0.05) is 4.88 Å². The summed E-state index contributed by atoms with van der Waals surface area (Å²) in [5.74, 6) is -0.0904. The lowest BCUT2D eigenvalue weighted by molar-refractivity contribution is 0.0320. The lowest BCUT2D eigenvalue weighted by Crippen LogP contribution is -2.17. The van der Waals surface area contributed by atoms with Crippen molar-refractivity contribution in [2.75, 3.05) is 0 Å². The Morgan fingerprint density at radius 1 is 1.26 bits per heavy atom. The molecule has 1 aromatic carbocycles. The van der Waals surface area contributed by atoms with Crippen LogP contribution in [0.5, 0.6) is 0 Å². The largest absolute Gasteiger partial charge is 0.451 e. The SMILES string of the molecule is Cc1sc2nc([C@H](C)OC(=O)c3ccccc3)[nH]c(=O)c2c1C. The number of H-pyrrole nitrogens is 1. The molecule has 0 bridgehead atoms. The average Bonchev–Trinajstić information content (AvgIpc) is 2.83. The molecule has 0 aliphatic heterocycles. The number of carbonyl (C=O) groups excluding carboxylic acids is 1. The summed E-state index contributed by atoms with van der Waals surface area (Å²) in [7, 11) is 0. The average molecular weight is 328 g/mol. The zero-order chi connectivity index (χ0) is 16.6. The summed E-state index contributed by atoms with van der Waals surface area (Å²) in [4.78, 5) is 33.3. The first-order chi connectivity index (χ1) is 11.0. The number of carbonyl (C=O) groups is 1. The second kappa shape index (κ2) is 5.96. The third-order valence-electron chi connectivity index (χ3n) is 3.74. The highest BCUT2D eigenvalue weighted by atomic mass is 32.1. The zero-order valence-corrected chi connectivity index (χ0v) is 13.9. The van der Waals surface area contributed by atoms with Gasteiger partial charge in [0.05, 0.1) is 10.9 Å². The molecule has 118 valence electrons. The van der Waals surface area contributed by atoms with Crippen LogP contribution in [0.25, 0.3) is 10.2 Å². The Hall–Kier alpha value is -2.47. The molecule has 1 N–H and O–H groups in total. The number of hydrogen-bond acceptors (Lipinski definition) is 5. The van der Waals surface area contributed by atoms with Crippen LogP contribution in [0.2, 0.25) is 0 Å². The van der Waals surface area contributed by atoms with Crippen LogP contribution < -0.4 is 5.56 Å². The Bertz CT molecular complexity index is 928. The molecule has 2 aromatic heterocycles. The van der Waals surface area contributed by atoms with Crippen LogP contribution in [0, 0.1) is 13.8 Å². The first-order valence-electron chi connectivity index (χ1n) is 7.23. The molecule has 0 amide bonds. The fraction of sp³-hybridized carbons (Fsp3) is 0.235. The lowest BCUT2D eigenvalue weighted by atomic mass is 10.2. The van der Waals surface area contributed by atoms with Gasteiger partial charge in [-0.3, -0.25) is 4.79 Å². The van der Waals surface area contributed by atoms with E-state index in [1.54, 1.807) is 31.2 Å². The van der Waals surface area contributed by atoms with Crippen LogP contribution in [-0.2, 0) is 4.74 Å². The van der Waals surface area contributed by atoms with Crippen LogP contribution in [0.3, 0.4) is 0 Å². The maximum atomic E-state index is 12.3. The van der Waals surface area contributed by atoms with Gasteiger partial charge in [0.25, 0.3) is 5.56 Å². The highest BCUT2D eigenvalue weighted by molar-refractivity contribution is 7.18. The summed E-state index contributed by atoms with van der Waals surface area (Å²) in [6, 6.07) is 8.73. The summed E-state index contributed by atoms with van der Waals surface area (Å²) in [6.45, 7) is 5.56. The minimum atomic E-state index is -0.637. The normalized spacial score (nSPS) is 12.3. The number of nitrogens with one attached hydrogen (secondary N) is 1. The van der Waals surface area contributed by atoms with Crippen LogP contribution in [0.15, 0.2) is 35.1 Å². The fourth-order valence-electron chi connectivity index (χ4n) is 2.32. The predicted octanol–water partition coefficient (Wildman–Crippen LogP) is 3.52. The zero-order valence-electron chi connectivity index (χ0n) is 13.0. The maximum Gasteiger partial charge on any atom is 0.338 e. The van der Waals surface area contributed by atoms with Gasteiger partial charge in [0.1, 0.15) is 4.83 Å². The highest BCUT2D eigenvalue weighted by Crippen LogP contribution is 2.27. The Morgan fingerprint density at radius 2 is 1.96 bits per heavy atom. The second-order valence-electron chi connectivity index (χ2n) is 5.33. The molecule has 5 nitrogen and oxygen atoms in total. The van der Waals surface area contributed by atoms with E-state index < -0.39 is 12.1 Å². The van der Waals surface area contributed by atoms with Gasteiger partial charge in [-0.05, 0) is 38.5 Å². The van der Waals surface area contributed by atoms with Crippen LogP contribution in [0.1, 0.15) is 39.7 Å². The first kappa shape index (κ1) is 15.4. The van der Waals surface area contributed by atoms with E-state index in [0.717, 1.165) is 10.4 Å². The molecule has 3 aromatic rings. The number of aromatic amines is 1. The molecule has 1 atom stereocenters. The maximum absolute atomic E-state index is 12.3. The molecule has 0 aliphatic rings. The van der Waals surface area contributed by atoms with Crippen molar-refractivity contribution in [2.24, 2.45) is 0 Å². The third kappa shape index (κ3) is 2.90. The molecule has 0 aliphatic carbocycles. The van der Waals surface area contributed by atoms with Crippen molar-refractivity contribution in [1.29, 1.82) is 0 Å². The molecular formula is C17H16N2O3S. The Morgan fingerprint density at radius 3 is 2.65 bits per heavy atom. The van der Waals surface area contributed by atoms with Crippen LogP contribution in [0.4, 0.5) is 0 Å². The summed E-state index contributed by atoms with van der Waals surface area (Å²) in [5.41, 5.74) is 1.21. The van der Waals surface area contributed by atoms with Gasteiger partial charge < -0.3 is 9.72 Å². The van der Waals surface area contributed by atoms with Gasteiger partial charge >= 0.3 is 5.97 Å². The number of aromatic nitrogens is 2. The number of hydrogen-bond donors (Lipinski definition) is 1. The first-order valence-corrected chi connectivity index (χ1v) is 8.05. The molecule has 0 saturated heterocycles. The van der Waals surface area contributed by atoms with Gasteiger partial charge in [0.2, 0.25) is 0 Å². The number of thiophene rings is 1. The van der Waals surface area contributed by atoms with Crippen molar-refractivity contribution in [3.63, 3.8) is 0 Å².